The van der Waals surface area contributed by atoms with Gasteiger partial charge in [-0.05, 0) is 42.0 Å². The molecule has 126 valence electrons. The molecular formula is C16H11BrClF2NO3. The average Bonchev–Trinajstić information content (AvgIpc) is 2.52. The van der Waals surface area contributed by atoms with E-state index in [1.165, 1.54) is 0 Å². The summed E-state index contributed by atoms with van der Waals surface area (Å²) in [4.78, 5) is 23.5. The van der Waals surface area contributed by atoms with Crippen LogP contribution in [0.2, 0.25) is 5.02 Å². The second-order valence-corrected chi connectivity index (χ2v) is 6.22. The number of hydrogen-bond donors (Lipinski definition) is 2. The van der Waals surface area contributed by atoms with Gasteiger partial charge in [-0.1, -0.05) is 27.5 Å². The van der Waals surface area contributed by atoms with Gasteiger partial charge in [0, 0.05) is 21.5 Å². The molecule has 0 aliphatic carbocycles. The second kappa shape index (κ2) is 7.72. The Hall–Kier alpha value is -1.99. The van der Waals surface area contributed by atoms with Gasteiger partial charge < -0.3 is 10.4 Å². The largest absolute Gasteiger partial charge is 0.480 e. The SMILES string of the molecule is O=C(N[C@H](Cc1cc(Cl)ccc1Br)C(=O)O)c1ccc(F)c(F)c1. The zero-order chi connectivity index (χ0) is 17.9. The van der Waals surface area contributed by atoms with Crippen molar-refractivity contribution in [3.05, 3.63) is 68.7 Å². The molecule has 0 aliphatic heterocycles. The van der Waals surface area contributed by atoms with Crippen molar-refractivity contribution in [1.29, 1.82) is 0 Å². The summed E-state index contributed by atoms with van der Waals surface area (Å²) < 4.78 is 26.7. The Balaban J connectivity index is 2.19. The number of carbonyl (C=O) groups excluding carboxylic acids is 1. The number of amides is 1. The molecule has 0 unspecified atom stereocenters. The maximum atomic E-state index is 13.2. The number of carbonyl (C=O) groups is 2. The molecule has 24 heavy (non-hydrogen) atoms. The van der Waals surface area contributed by atoms with E-state index in [4.69, 9.17) is 11.6 Å². The maximum absolute atomic E-state index is 13.2. The van der Waals surface area contributed by atoms with Crippen molar-refractivity contribution < 1.29 is 23.5 Å². The third kappa shape index (κ3) is 4.52. The minimum atomic E-state index is -1.27. The Morgan fingerprint density at radius 1 is 1.17 bits per heavy atom. The third-order valence-electron chi connectivity index (χ3n) is 3.22. The van der Waals surface area contributed by atoms with Crippen LogP contribution in [0.3, 0.4) is 0 Å². The van der Waals surface area contributed by atoms with Gasteiger partial charge in [0.1, 0.15) is 6.04 Å². The molecule has 0 heterocycles. The molecule has 2 N–H and O–H groups in total. The van der Waals surface area contributed by atoms with Crippen molar-refractivity contribution >= 4 is 39.4 Å². The van der Waals surface area contributed by atoms with E-state index in [0.717, 1.165) is 12.1 Å². The Kier molecular flexibility index (Phi) is 5.90. The summed E-state index contributed by atoms with van der Waals surface area (Å²) in [5.74, 6) is -4.37. The third-order valence-corrected chi connectivity index (χ3v) is 4.23. The zero-order valence-corrected chi connectivity index (χ0v) is 14.4. The van der Waals surface area contributed by atoms with Gasteiger partial charge in [0.2, 0.25) is 0 Å². The molecule has 1 atom stereocenters. The van der Waals surface area contributed by atoms with Gasteiger partial charge in [0.25, 0.3) is 5.91 Å². The summed E-state index contributed by atoms with van der Waals surface area (Å²) in [7, 11) is 0. The second-order valence-electron chi connectivity index (χ2n) is 4.93. The topological polar surface area (TPSA) is 66.4 Å². The van der Waals surface area contributed by atoms with Gasteiger partial charge in [0.15, 0.2) is 11.6 Å². The fourth-order valence-electron chi connectivity index (χ4n) is 2.00. The molecule has 2 aromatic rings. The highest BCUT2D eigenvalue weighted by molar-refractivity contribution is 9.10. The fraction of sp³-hybridized carbons (Fsp3) is 0.125. The van der Waals surface area contributed by atoms with Crippen LogP contribution < -0.4 is 5.32 Å². The predicted octanol–water partition coefficient (Wildman–Crippen LogP) is 3.81. The molecule has 2 rings (SSSR count). The van der Waals surface area contributed by atoms with Crippen molar-refractivity contribution in [1.82, 2.24) is 5.32 Å². The minimum absolute atomic E-state index is 0.0358. The summed E-state index contributed by atoms with van der Waals surface area (Å²) >= 11 is 9.16. The molecule has 8 heteroatoms. The first-order valence-electron chi connectivity index (χ1n) is 6.70. The lowest BCUT2D eigenvalue weighted by Gasteiger charge is -2.16. The fourth-order valence-corrected chi connectivity index (χ4v) is 2.60. The van der Waals surface area contributed by atoms with Gasteiger partial charge in [-0.25, -0.2) is 13.6 Å². The van der Waals surface area contributed by atoms with Crippen molar-refractivity contribution in [2.45, 2.75) is 12.5 Å². The average molecular weight is 419 g/mol. The monoisotopic (exact) mass is 417 g/mol. The van der Waals surface area contributed by atoms with Gasteiger partial charge in [-0.2, -0.15) is 0 Å². The summed E-state index contributed by atoms with van der Waals surface area (Å²) in [5.41, 5.74) is 0.408. The zero-order valence-electron chi connectivity index (χ0n) is 12.0. The highest BCUT2D eigenvalue weighted by Gasteiger charge is 2.22. The Morgan fingerprint density at radius 2 is 1.88 bits per heavy atom. The number of hydrogen-bond acceptors (Lipinski definition) is 2. The Bertz CT molecular complexity index is 801. The van der Waals surface area contributed by atoms with Crippen LogP contribution in [-0.2, 0) is 11.2 Å². The molecule has 0 radical (unpaired) electrons. The highest BCUT2D eigenvalue weighted by Crippen LogP contribution is 2.22. The van der Waals surface area contributed by atoms with Crippen LogP contribution in [0.1, 0.15) is 15.9 Å². The molecule has 0 spiro atoms. The predicted molar refractivity (Wildman–Crippen MR) is 88.1 cm³/mol. The minimum Gasteiger partial charge on any atom is -0.480 e. The molecule has 0 aliphatic rings. The van der Waals surface area contributed by atoms with E-state index < -0.39 is 29.6 Å². The van der Waals surface area contributed by atoms with Crippen molar-refractivity contribution in [3.8, 4) is 0 Å². The highest BCUT2D eigenvalue weighted by atomic mass is 79.9. The number of carboxylic acid groups (broad SMARTS) is 1. The normalized spacial score (nSPS) is 11.8. The van der Waals surface area contributed by atoms with Crippen LogP contribution in [0, 0.1) is 11.6 Å². The smallest absolute Gasteiger partial charge is 0.326 e. The van der Waals surface area contributed by atoms with Crippen LogP contribution >= 0.6 is 27.5 Å². The summed E-state index contributed by atoms with van der Waals surface area (Å²) in [6, 6.07) is 6.18. The first kappa shape index (κ1) is 18.4. The number of carboxylic acids is 1. The van der Waals surface area contributed by atoms with E-state index in [2.05, 4.69) is 21.2 Å². The molecule has 0 saturated carbocycles. The Labute approximate surface area is 149 Å². The molecule has 0 aromatic heterocycles. The van der Waals surface area contributed by atoms with Crippen molar-refractivity contribution in [3.63, 3.8) is 0 Å². The standard InChI is InChI=1S/C16H11BrClF2NO3/c17-11-3-2-10(18)5-9(11)7-14(16(23)24)21-15(22)8-1-4-12(19)13(20)6-8/h1-6,14H,7H2,(H,21,22)(H,23,24)/t14-/m1/s1. The van der Waals surface area contributed by atoms with Crippen molar-refractivity contribution in [2.24, 2.45) is 0 Å². The molecule has 4 nitrogen and oxygen atoms in total. The van der Waals surface area contributed by atoms with Gasteiger partial charge in [-0.15, -0.1) is 0 Å². The van der Waals surface area contributed by atoms with E-state index in [1.54, 1.807) is 18.2 Å². The van der Waals surface area contributed by atoms with E-state index in [-0.39, 0.29) is 12.0 Å². The van der Waals surface area contributed by atoms with Crippen LogP contribution in [0.15, 0.2) is 40.9 Å². The number of nitrogens with one attached hydrogen (secondary N) is 1. The first-order chi connectivity index (χ1) is 11.3. The quantitative estimate of drug-likeness (QED) is 0.776. The summed E-state index contributed by atoms with van der Waals surface area (Å²) in [6.45, 7) is 0. The number of aliphatic carboxylic acids is 1. The summed E-state index contributed by atoms with van der Waals surface area (Å²) in [6.07, 6.45) is -0.0358. The lowest BCUT2D eigenvalue weighted by atomic mass is 10.1. The van der Waals surface area contributed by atoms with Crippen LogP contribution in [0.5, 0.6) is 0 Å². The van der Waals surface area contributed by atoms with E-state index in [0.29, 0.717) is 21.1 Å². The van der Waals surface area contributed by atoms with E-state index in [9.17, 15) is 23.5 Å². The number of halogens is 4. The number of benzene rings is 2. The van der Waals surface area contributed by atoms with E-state index in [1.807, 2.05) is 0 Å². The van der Waals surface area contributed by atoms with Crippen LogP contribution in [0.25, 0.3) is 0 Å². The van der Waals surface area contributed by atoms with Gasteiger partial charge in [0.05, 0.1) is 0 Å². The van der Waals surface area contributed by atoms with Crippen molar-refractivity contribution in [2.75, 3.05) is 0 Å². The first-order valence-corrected chi connectivity index (χ1v) is 7.87. The van der Waals surface area contributed by atoms with Gasteiger partial charge >= 0.3 is 5.97 Å². The lowest BCUT2D eigenvalue weighted by molar-refractivity contribution is -0.139. The van der Waals surface area contributed by atoms with E-state index >= 15 is 0 Å². The molecule has 0 fully saturated rings. The molecule has 0 bridgehead atoms. The van der Waals surface area contributed by atoms with Crippen LogP contribution in [-0.4, -0.2) is 23.0 Å². The molecule has 0 saturated heterocycles. The molecule has 2 aromatic carbocycles. The lowest BCUT2D eigenvalue weighted by Crippen LogP contribution is -2.42. The van der Waals surface area contributed by atoms with Gasteiger partial charge in [-0.3, -0.25) is 4.79 Å². The number of rotatable bonds is 5. The maximum Gasteiger partial charge on any atom is 0.326 e. The molecular weight excluding hydrogens is 408 g/mol. The molecule has 1 amide bonds. The van der Waals surface area contributed by atoms with Crippen LogP contribution in [0.4, 0.5) is 8.78 Å². The Morgan fingerprint density at radius 3 is 2.50 bits per heavy atom. The summed E-state index contributed by atoms with van der Waals surface area (Å²) in [5, 5.41) is 12.0.